The first-order valence-electron chi connectivity index (χ1n) is 12.5. The summed E-state index contributed by atoms with van der Waals surface area (Å²) in [5, 5.41) is 8.63. The Morgan fingerprint density at radius 3 is 2.45 bits per heavy atom. The van der Waals surface area contributed by atoms with Crippen LogP contribution in [0.2, 0.25) is 0 Å². The van der Waals surface area contributed by atoms with Crippen molar-refractivity contribution >= 4 is 11.7 Å². The van der Waals surface area contributed by atoms with Crippen LogP contribution >= 0.6 is 0 Å². The molecule has 0 bridgehead atoms. The average molecular weight is 518 g/mol. The number of aryl methyl sites for hydroxylation is 1. The number of carbonyl (C=O) groups is 1. The first-order valence-corrected chi connectivity index (χ1v) is 12.5. The van der Waals surface area contributed by atoms with Crippen molar-refractivity contribution in [2.45, 2.75) is 19.8 Å². The van der Waals surface area contributed by atoms with E-state index in [-0.39, 0.29) is 11.8 Å². The Kier molecular flexibility index (Phi) is 6.99. The Hall–Kier alpha value is -4.41. The zero-order valence-corrected chi connectivity index (χ0v) is 22.2. The number of pyridine rings is 1. The molecule has 4 aromatic rings. The van der Waals surface area contributed by atoms with Gasteiger partial charge >= 0.3 is 0 Å². The number of piperazine rings is 1. The summed E-state index contributed by atoms with van der Waals surface area (Å²) < 4.78 is 17.8. The maximum atomic E-state index is 13.4. The lowest BCUT2D eigenvalue weighted by atomic mass is 10.1. The minimum Gasteiger partial charge on any atom is -0.497 e. The molecule has 0 spiro atoms. The Bertz CT molecular complexity index is 1420. The molecule has 198 valence electrons. The number of anilines is 1. The van der Waals surface area contributed by atoms with Gasteiger partial charge in [-0.15, -0.1) is 0 Å². The van der Waals surface area contributed by atoms with Gasteiger partial charge in [-0.25, -0.2) is 4.98 Å². The molecule has 0 aliphatic carbocycles. The van der Waals surface area contributed by atoms with Crippen molar-refractivity contribution in [1.82, 2.24) is 29.8 Å². The normalized spacial score (nSPS) is 13.7. The number of hydrogen-bond acceptors (Lipinski definition) is 9. The summed E-state index contributed by atoms with van der Waals surface area (Å²) in [5.74, 6) is 3.45. The van der Waals surface area contributed by atoms with Crippen LogP contribution in [-0.2, 0) is 7.05 Å². The summed E-state index contributed by atoms with van der Waals surface area (Å²) in [6.45, 7) is 6.52. The Morgan fingerprint density at radius 1 is 1.03 bits per heavy atom. The zero-order chi connectivity index (χ0) is 26.8. The van der Waals surface area contributed by atoms with E-state index in [1.165, 1.54) is 0 Å². The highest BCUT2D eigenvalue weighted by molar-refractivity contribution is 5.94. The van der Waals surface area contributed by atoms with Crippen molar-refractivity contribution in [1.29, 1.82) is 0 Å². The smallest absolute Gasteiger partial charge is 0.272 e. The molecule has 5 rings (SSSR count). The highest BCUT2D eigenvalue weighted by Gasteiger charge is 2.26. The highest BCUT2D eigenvalue weighted by atomic mass is 16.5. The lowest BCUT2D eigenvalue weighted by molar-refractivity contribution is 0.0735. The predicted octanol–water partition coefficient (Wildman–Crippen LogP) is 3.64. The standard InChI is InChI=1S/C27H31N7O4/c1-17(2)26-29-25(31-38-26)18-6-9-24(28-16-18)33-10-12-34(13-11-33)27(35)22-15-21(30-32(22)3)20-14-19(36-4)7-8-23(20)37-5/h6-9,14-17H,10-13H2,1-5H3. The van der Waals surface area contributed by atoms with Gasteiger partial charge in [-0.2, -0.15) is 10.1 Å². The molecular formula is C27H31N7O4. The van der Waals surface area contributed by atoms with E-state index in [1.807, 2.05) is 49.1 Å². The molecule has 1 saturated heterocycles. The molecule has 11 heteroatoms. The highest BCUT2D eigenvalue weighted by Crippen LogP contribution is 2.33. The van der Waals surface area contributed by atoms with Crippen LogP contribution in [0.3, 0.4) is 0 Å². The fourth-order valence-electron chi connectivity index (χ4n) is 4.41. The summed E-state index contributed by atoms with van der Waals surface area (Å²) in [7, 11) is 4.99. The van der Waals surface area contributed by atoms with E-state index in [2.05, 4.69) is 25.1 Å². The number of ether oxygens (including phenoxy) is 2. The van der Waals surface area contributed by atoms with Gasteiger partial charge in [0.25, 0.3) is 5.91 Å². The summed E-state index contributed by atoms with van der Waals surface area (Å²) in [5.41, 5.74) is 2.73. The van der Waals surface area contributed by atoms with Crippen molar-refractivity contribution in [3.63, 3.8) is 0 Å². The van der Waals surface area contributed by atoms with Crippen molar-refractivity contribution in [3.8, 4) is 34.1 Å². The predicted molar refractivity (Wildman–Crippen MR) is 141 cm³/mol. The zero-order valence-electron chi connectivity index (χ0n) is 22.2. The van der Waals surface area contributed by atoms with Gasteiger partial charge in [-0.3, -0.25) is 9.48 Å². The molecule has 0 atom stereocenters. The third-order valence-electron chi connectivity index (χ3n) is 6.61. The van der Waals surface area contributed by atoms with E-state index in [4.69, 9.17) is 14.0 Å². The van der Waals surface area contributed by atoms with E-state index in [0.29, 0.717) is 60.8 Å². The third-order valence-corrected chi connectivity index (χ3v) is 6.61. The molecule has 1 aromatic carbocycles. The first-order chi connectivity index (χ1) is 18.4. The van der Waals surface area contributed by atoms with Gasteiger partial charge in [0.2, 0.25) is 11.7 Å². The largest absolute Gasteiger partial charge is 0.497 e. The summed E-state index contributed by atoms with van der Waals surface area (Å²) in [6.07, 6.45) is 1.76. The maximum Gasteiger partial charge on any atom is 0.272 e. The lowest BCUT2D eigenvalue weighted by Gasteiger charge is -2.35. The van der Waals surface area contributed by atoms with Gasteiger partial charge in [0.05, 0.1) is 19.9 Å². The lowest BCUT2D eigenvalue weighted by Crippen LogP contribution is -2.49. The van der Waals surface area contributed by atoms with Crippen LogP contribution in [0.1, 0.15) is 36.1 Å². The minimum atomic E-state index is -0.0610. The van der Waals surface area contributed by atoms with Crippen LogP contribution in [-0.4, -0.2) is 76.1 Å². The van der Waals surface area contributed by atoms with Gasteiger partial charge in [-0.05, 0) is 36.4 Å². The first kappa shape index (κ1) is 25.2. The Morgan fingerprint density at radius 2 is 1.82 bits per heavy atom. The number of amides is 1. The van der Waals surface area contributed by atoms with E-state index >= 15 is 0 Å². The van der Waals surface area contributed by atoms with E-state index in [1.54, 1.807) is 38.2 Å². The minimum absolute atomic E-state index is 0.0610. The number of hydrogen-bond donors (Lipinski definition) is 0. The number of benzene rings is 1. The number of methoxy groups -OCH3 is 2. The summed E-state index contributed by atoms with van der Waals surface area (Å²) >= 11 is 0. The average Bonchev–Trinajstić information content (AvgIpc) is 3.60. The second-order valence-electron chi connectivity index (χ2n) is 9.40. The molecule has 0 saturated carbocycles. The van der Waals surface area contributed by atoms with Crippen molar-refractivity contribution < 1.29 is 18.8 Å². The molecule has 1 amide bonds. The van der Waals surface area contributed by atoms with Crippen LogP contribution in [0, 0.1) is 0 Å². The molecule has 11 nitrogen and oxygen atoms in total. The molecule has 0 N–H and O–H groups in total. The number of rotatable bonds is 7. The Labute approximate surface area is 221 Å². The topological polar surface area (TPSA) is 112 Å². The van der Waals surface area contributed by atoms with E-state index < -0.39 is 0 Å². The Balaban J connectivity index is 1.25. The molecule has 1 aliphatic rings. The van der Waals surface area contributed by atoms with Gasteiger partial charge < -0.3 is 23.8 Å². The van der Waals surface area contributed by atoms with Crippen LogP contribution in [0.5, 0.6) is 11.5 Å². The van der Waals surface area contributed by atoms with Crippen molar-refractivity contribution in [3.05, 3.63) is 54.2 Å². The number of carbonyl (C=O) groups excluding carboxylic acids is 1. The van der Waals surface area contributed by atoms with Crippen molar-refractivity contribution in [2.75, 3.05) is 45.3 Å². The van der Waals surface area contributed by atoms with Gasteiger partial charge in [0, 0.05) is 56.5 Å². The molecule has 3 aromatic heterocycles. The molecule has 1 fully saturated rings. The monoisotopic (exact) mass is 517 g/mol. The third kappa shape index (κ3) is 4.91. The summed E-state index contributed by atoms with van der Waals surface area (Å²) in [6, 6.07) is 11.2. The molecule has 1 aliphatic heterocycles. The molecular weight excluding hydrogens is 486 g/mol. The van der Waals surface area contributed by atoms with E-state index in [9.17, 15) is 4.79 Å². The fraction of sp³-hybridized carbons (Fsp3) is 0.370. The van der Waals surface area contributed by atoms with Gasteiger partial charge in [-0.1, -0.05) is 19.0 Å². The van der Waals surface area contributed by atoms with Crippen LogP contribution in [0.15, 0.2) is 47.1 Å². The van der Waals surface area contributed by atoms with Crippen LogP contribution in [0.25, 0.3) is 22.6 Å². The van der Waals surface area contributed by atoms with Crippen LogP contribution in [0.4, 0.5) is 5.82 Å². The maximum absolute atomic E-state index is 13.4. The molecule has 4 heterocycles. The number of nitrogens with zero attached hydrogens (tertiary/aromatic N) is 7. The SMILES string of the molecule is COc1ccc(OC)c(-c2cc(C(=O)N3CCN(c4ccc(-c5noc(C(C)C)n5)cn4)CC3)n(C)n2)c1. The van der Waals surface area contributed by atoms with Gasteiger partial charge in [0.1, 0.15) is 23.0 Å². The molecule has 0 radical (unpaired) electrons. The fourth-order valence-corrected chi connectivity index (χ4v) is 4.41. The van der Waals surface area contributed by atoms with E-state index in [0.717, 1.165) is 16.9 Å². The van der Waals surface area contributed by atoms with Crippen LogP contribution < -0.4 is 14.4 Å². The molecule has 0 unspecified atom stereocenters. The second-order valence-corrected chi connectivity index (χ2v) is 9.40. The number of aromatic nitrogens is 5. The van der Waals surface area contributed by atoms with Crippen molar-refractivity contribution in [2.24, 2.45) is 7.05 Å². The quantitative estimate of drug-likeness (QED) is 0.363. The molecule has 38 heavy (non-hydrogen) atoms. The summed E-state index contributed by atoms with van der Waals surface area (Å²) in [4.78, 5) is 26.4. The second kappa shape index (κ2) is 10.5. The van der Waals surface area contributed by atoms with Gasteiger partial charge in [0.15, 0.2) is 0 Å².